The van der Waals surface area contributed by atoms with Gasteiger partial charge in [0.15, 0.2) is 0 Å². The molecule has 1 N–H and O–H groups in total. The van der Waals surface area contributed by atoms with E-state index in [1.54, 1.807) is 0 Å². The van der Waals surface area contributed by atoms with Crippen LogP contribution >= 0.6 is 0 Å². The lowest BCUT2D eigenvalue weighted by molar-refractivity contribution is -0.146. The molecule has 2 heteroatoms. The molecule has 0 aliphatic heterocycles. The third-order valence-electron chi connectivity index (χ3n) is 8.70. The molecule has 4 fully saturated rings. The van der Waals surface area contributed by atoms with Gasteiger partial charge in [-0.1, -0.05) is 19.8 Å². The Balaban J connectivity index is 1.62. The molecule has 23 heavy (non-hydrogen) atoms. The first kappa shape index (κ1) is 15.7. The highest BCUT2D eigenvalue weighted by atomic mass is 16.3. The van der Waals surface area contributed by atoms with E-state index < -0.39 is 5.60 Å². The topological polar surface area (TPSA) is 37.3 Å². The molecular formula is C21H30O2. The molecule has 0 aromatic rings. The lowest BCUT2D eigenvalue weighted by Gasteiger charge is -2.60. The number of carbonyl (C=O) groups is 1. The fraction of sp³-hybridized carbons (Fsp3) is 0.857. The van der Waals surface area contributed by atoms with E-state index in [1.165, 1.54) is 19.3 Å². The Kier molecular flexibility index (Phi) is 3.31. The van der Waals surface area contributed by atoms with Crippen molar-refractivity contribution in [2.24, 2.45) is 34.5 Å². The van der Waals surface area contributed by atoms with Crippen molar-refractivity contribution in [2.45, 2.75) is 77.2 Å². The molecule has 0 amide bonds. The Morgan fingerprint density at radius 1 is 1.09 bits per heavy atom. The highest BCUT2D eigenvalue weighted by molar-refractivity contribution is 5.87. The smallest absolute Gasteiger partial charge is 0.139 e. The second kappa shape index (κ2) is 4.85. The number of aliphatic hydroxyl groups is 1. The molecule has 0 bridgehead atoms. The van der Waals surface area contributed by atoms with Crippen molar-refractivity contribution in [3.63, 3.8) is 0 Å². The molecule has 0 unspecified atom stereocenters. The summed E-state index contributed by atoms with van der Waals surface area (Å²) in [5.74, 6) is 5.81. The maximum atomic E-state index is 12.4. The Bertz CT molecular complexity index is 575. The van der Waals surface area contributed by atoms with Crippen LogP contribution in [0, 0.1) is 46.8 Å². The monoisotopic (exact) mass is 314 g/mol. The van der Waals surface area contributed by atoms with E-state index in [-0.39, 0.29) is 5.41 Å². The van der Waals surface area contributed by atoms with Gasteiger partial charge in [0, 0.05) is 11.8 Å². The van der Waals surface area contributed by atoms with Crippen LogP contribution in [0.1, 0.15) is 71.6 Å². The van der Waals surface area contributed by atoms with Crippen molar-refractivity contribution in [1.82, 2.24) is 0 Å². The molecule has 0 radical (unpaired) electrons. The second-order valence-corrected chi connectivity index (χ2v) is 9.45. The van der Waals surface area contributed by atoms with Gasteiger partial charge in [-0.25, -0.2) is 0 Å². The van der Waals surface area contributed by atoms with Gasteiger partial charge in [0.1, 0.15) is 11.4 Å². The largest absolute Gasteiger partial charge is 0.378 e. The van der Waals surface area contributed by atoms with Crippen molar-refractivity contribution in [1.29, 1.82) is 0 Å². The molecule has 7 atom stereocenters. The van der Waals surface area contributed by atoms with Crippen LogP contribution < -0.4 is 0 Å². The molecule has 2 nitrogen and oxygen atoms in total. The third kappa shape index (κ3) is 2.02. The Hall–Kier alpha value is -0.810. The van der Waals surface area contributed by atoms with E-state index in [2.05, 4.69) is 19.8 Å². The SMILES string of the molecule is C#C[C@@]1(O)CC[C@@]2(C)[C@@H](CC[C@H]3[C@H]2CC[C@@]2(C)C(=O)CC[C@H]32)C1. The first-order valence-electron chi connectivity index (χ1n) is 9.56. The van der Waals surface area contributed by atoms with Crippen molar-refractivity contribution in [3.05, 3.63) is 0 Å². The van der Waals surface area contributed by atoms with Gasteiger partial charge in [-0.3, -0.25) is 4.79 Å². The van der Waals surface area contributed by atoms with Crippen molar-refractivity contribution < 1.29 is 9.90 Å². The standard InChI is InChI=1S/C21H30O2/c1-4-21(23)12-11-19(2)14(13-21)5-6-15-16-7-8-18(22)20(16,3)10-9-17(15)19/h1,14-17,23H,5-13H2,2-3H3/t14-,15+,16+,17+,19-,20+,21+/m0/s1. The Morgan fingerprint density at radius 3 is 2.61 bits per heavy atom. The maximum Gasteiger partial charge on any atom is 0.139 e. The molecule has 0 spiro atoms. The summed E-state index contributed by atoms with van der Waals surface area (Å²) in [5, 5.41) is 10.6. The fourth-order valence-corrected chi connectivity index (χ4v) is 7.15. The van der Waals surface area contributed by atoms with Gasteiger partial charge >= 0.3 is 0 Å². The maximum absolute atomic E-state index is 12.4. The van der Waals surface area contributed by atoms with Gasteiger partial charge in [0.05, 0.1) is 0 Å². The number of terminal acetylenes is 1. The zero-order valence-electron chi connectivity index (χ0n) is 14.6. The van der Waals surface area contributed by atoms with Crippen LogP contribution in [-0.2, 0) is 4.79 Å². The molecule has 0 heterocycles. The van der Waals surface area contributed by atoms with E-state index >= 15 is 0 Å². The lowest BCUT2D eigenvalue weighted by Crippen LogP contribution is -2.55. The lowest BCUT2D eigenvalue weighted by atomic mass is 9.44. The predicted octanol–water partition coefficient (Wildman–Crippen LogP) is 3.96. The molecule has 4 aliphatic rings. The summed E-state index contributed by atoms with van der Waals surface area (Å²) in [4.78, 5) is 12.4. The number of hydrogen-bond acceptors (Lipinski definition) is 2. The quantitative estimate of drug-likeness (QED) is 0.687. The van der Waals surface area contributed by atoms with Crippen LogP contribution in [0.15, 0.2) is 0 Å². The molecular weight excluding hydrogens is 284 g/mol. The number of ketones is 1. The molecule has 0 saturated heterocycles. The molecule has 126 valence electrons. The van der Waals surface area contributed by atoms with Gasteiger partial charge in [-0.2, -0.15) is 0 Å². The van der Waals surface area contributed by atoms with Crippen molar-refractivity contribution >= 4 is 5.78 Å². The molecule has 4 saturated carbocycles. The summed E-state index contributed by atoms with van der Waals surface area (Å²) in [6.45, 7) is 4.71. The number of Topliss-reactive ketones (excluding diaryl/α,β-unsaturated/α-hetero) is 1. The van der Waals surface area contributed by atoms with Crippen LogP contribution in [0.3, 0.4) is 0 Å². The minimum atomic E-state index is -0.872. The summed E-state index contributed by atoms with van der Waals surface area (Å²) in [6.07, 6.45) is 14.8. The molecule has 4 rings (SSSR count). The van der Waals surface area contributed by atoms with E-state index in [0.29, 0.717) is 23.0 Å². The van der Waals surface area contributed by atoms with E-state index in [9.17, 15) is 9.90 Å². The normalized spacial score (nSPS) is 55.5. The summed E-state index contributed by atoms with van der Waals surface area (Å²) in [6, 6.07) is 0. The van der Waals surface area contributed by atoms with Crippen LogP contribution in [0.4, 0.5) is 0 Å². The van der Waals surface area contributed by atoms with Gasteiger partial charge in [0.2, 0.25) is 0 Å². The molecule has 0 aromatic carbocycles. The molecule has 4 aliphatic carbocycles. The van der Waals surface area contributed by atoms with E-state index in [1.807, 2.05) is 0 Å². The van der Waals surface area contributed by atoms with Crippen LogP contribution in [-0.4, -0.2) is 16.5 Å². The van der Waals surface area contributed by atoms with E-state index in [4.69, 9.17) is 6.42 Å². The van der Waals surface area contributed by atoms with Crippen LogP contribution in [0.5, 0.6) is 0 Å². The highest BCUT2D eigenvalue weighted by Crippen LogP contribution is 2.66. The summed E-state index contributed by atoms with van der Waals surface area (Å²) < 4.78 is 0. The minimum absolute atomic E-state index is 0.0292. The first-order valence-corrected chi connectivity index (χ1v) is 9.56. The fourth-order valence-electron chi connectivity index (χ4n) is 7.15. The van der Waals surface area contributed by atoms with Gasteiger partial charge in [-0.05, 0) is 80.5 Å². The third-order valence-corrected chi connectivity index (χ3v) is 8.70. The predicted molar refractivity (Wildman–Crippen MR) is 90.5 cm³/mol. The molecule has 0 aromatic heterocycles. The number of carbonyl (C=O) groups excluding carboxylic acids is 1. The van der Waals surface area contributed by atoms with Gasteiger partial charge < -0.3 is 5.11 Å². The Labute approximate surface area is 140 Å². The van der Waals surface area contributed by atoms with Crippen molar-refractivity contribution in [3.8, 4) is 12.3 Å². The summed E-state index contributed by atoms with van der Waals surface area (Å²) in [7, 11) is 0. The number of fused-ring (bicyclic) bond motifs is 5. The van der Waals surface area contributed by atoms with Crippen LogP contribution in [0.25, 0.3) is 0 Å². The average Bonchev–Trinajstić information content (AvgIpc) is 2.84. The van der Waals surface area contributed by atoms with Crippen molar-refractivity contribution in [2.75, 3.05) is 0 Å². The highest BCUT2D eigenvalue weighted by Gasteiger charge is 2.61. The number of hydrogen-bond donors (Lipinski definition) is 1. The zero-order chi connectivity index (χ0) is 16.5. The first-order chi connectivity index (χ1) is 10.8. The minimum Gasteiger partial charge on any atom is -0.378 e. The van der Waals surface area contributed by atoms with Gasteiger partial charge in [0.25, 0.3) is 0 Å². The van der Waals surface area contributed by atoms with Crippen LogP contribution in [0.2, 0.25) is 0 Å². The summed E-state index contributed by atoms with van der Waals surface area (Å²) in [5.41, 5.74) is -0.582. The zero-order valence-corrected chi connectivity index (χ0v) is 14.6. The van der Waals surface area contributed by atoms with Gasteiger partial charge in [-0.15, -0.1) is 6.42 Å². The second-order valence-electron chi connectivity index (χ2n) is 9.45. The Morgan fingerprint density at radius 2 is 1.87 bits per heavy atom. The summed E-state index contributed by atoms with van der Waals surface area (Å²) >= 11 is 0. The van der Waals surface area contributed by atoms with E-state index in [0.717, 1.165) is 50.4 Å². The number of rotatable bonds is 0. The average molecular weight is 314 g/mol.